The van der Waals surface area contributed by atoms with Crippen molar-refractivity contribution < 1.29 is 18.3 Å². The Kier molecular flexibility index (Phi) is 7.15. The lowest BCUT2D eigenvalue weighted by Crippen LogP contribution is -2.15. The van der Waals surface area contributed by atoms with Crippen molar-refractivity contribution in [3.63, 3.8) is 0 Å². The minimum absolute atomic E-state index is 0.123. The van der Waals surface area contributed by atoms with Crippen LogP contribution in [0, 0.1) is 18.6 Å². The molecule has 4 aromatic rings. The van der Waals surface area contributed by atoms with Crippen LogP contribution in [0.1, 0.15) is 11.3 Å². The summed E-state index contributed by atoms with van der Waals surface area (Å²) in [4.78, 5) is 21.2. The van der Waals surface area contributed by atoms with Crippen molar-refractivity contribution in [2.75, 3.05) is 23.1 Å². The molecule has 178 valence electrons. The monoisotopic (exact) mass is 475 g/mol. The van der Waals surface area contributed by atoms with E-state index in [2.05, 4.69) is 25.9 Å². The number of amides is 1. The van der Waals surface area contributed by atoms with Gasteiger partial charge in [-0.25, -0.2) is 13.8 Å². The molecule has 0 fully saturated rings. The summed E-state index contributed by atoms with van der Waals surface area (Å²) in [5, 5.41) is 9.08. The van der Waals surface area contributed by atoms with Crippen molar-refractivity contribution in [1.29, 1.82) is 0 Å². The van der Waals surface area contributed by atoms with Crippen LogP contribution in [0.2, 0.25) is 0 Å². The summed E-state index contributed by atoms with van der Waals surface area (Å²) in [5.74, 6) is -0.0483. The number of carbonyl (C=O) groups excluding carboxylic acids is 1. The molecule has 0 unspecified atom stereocenters. The number of aryl methyl sites for hydroxylation is 1. The first-order valence-corrected chi connectivity index (χ1v) is 10.8. The molecule has 0 aliphatic carbocycles. The number of rotatable bonds is 8. The minimum atomic E-state index is -0.751. The van der Waals surface area contributed by atoms with Gasteiger partial charge in [0.2, 0.25) is 11.9 Å². The predicted molar refractivity (Wildman–Crippen MR) is 131 cm³/mol. The normalized spacial score (nSPS) is 10.5. The highest BCUT2D eigenvalue weighted by Gasteiger charge is 2.10. The zero-order chi connectivity index (χ0) is 24.8. The number of hydrogen-bond acceptors (Lipinski definition) is 6. The van der Waals surface area contributed by atoms with E-state index in [-0.39, 0.29) is 12.0 Å². The van der Waals surface area contributed by atoms with Crippen LogP contribution in [0.5, 0.6) is 5.75 Å². The molecule has 0 bridgehead atoms. The maximum absolute atomic E-state index is 13.8. The maximum atomic E-state index is 13.8. The molecule has 1 heterocycles. The third-order valence-corrected chi connectivity index (χ3v) is 5.01. The number of aromatic nitrogens is 2. The van der Waals surface area contributed by atoms with Crippen molar-refractivity contribution >= 4 is 34.7 Å². The molecule has 0 saturated carbocycles. The number of hydrogen-bond donors (Lipinski definition) is 3. The molecule has 0 spiro atoms. The van der Waals surface area contributed by atoms with Gasteiger partial charge in [0, 0.05) is 34.9 Å². The minimum Gasteiger partial charge on any atom is -0.497 e. The van der Waals surface area contributed by atoms with Crippen LogP contribution in [0.15, 0.2) is 72.8 Å². The summed E-state index contributed by atoms with van der Waals surface area (Å²) < 4.78 is 32.0. The molecule has 3 N–H and O–H groups in total. The smallest absolute Gasteiger partial charge is 0.229 e. The first-order valence-electron chi connectivity index (χ1n) is 10.8. The van der Waals surface area contributed by atoms with Gasteiger partial charge in [-0.1, -0.05) is 6.07 Å². The fraction of sp³-hybridized carbons (Fsp3) is 0.115. The van der Waals surface area contributed by atoms with Crippen LogP contribution in [-0.4, -0.2) is 23.0 Å². The summed E-state index contributed by atoms with van der Waals surface area (Å²) in [7, 11) is 1.61. The van der Waals surface area contributed by atoms with Gasteiger partial charge in [0.05, 0.1) is 13.5 Å². The molecule has 0 aliphatic heterocycles. The van der Waals surface area contributed by atoms with Crippen molar-refractivity contribution in [2.45, 2.75) is 13.3 Å². The fourth-order valence-corrected chi connectivity index (χ4v) is 3.32. The van der Waals surface area contributed by atoms with E-state index >= 15 is 0 Å². The maximum Gasteiger partial charge on any atom is 0.229 e. The van der Waals surface area contributed by atoms with E-state index in [4.69, 9.17) is 4.74 Å². The molecule has 9 heteroatoms. The van der Waals surface area contributed by atoms with Gasteiger partial charge in [0.25, 0.3) is 0 Å². The number of nitrogens with one attached hydrogen (secondary N) is 3. The van der Waals surface area contributed by atoms with E-state index in [1.807, 2.05) is 37.3 Å². The largest absolute Gasteiger partial charge is 0.497 e. The van der Waals surface area contributed by atoms with Gasteiger partial charge in [-0.05, 0) is 67.1 Å². The molecule has 0 saturated heterocycles. The van der Waals surface area contributed by atoms with Crippen molar-refractivity contribution in [1.82, 2.24) is 9.97 Å². The van der Waals surface area contributed by atoms with Crippen molar-refractivity contribution in [2.24, 2.45) is 0 Å². The molecule has 4 rings (SSSR count). The zero-order valence-electron chi connectivity index (χ0n) is 19.1. The van der Waals surface area contributed by atoms with E-state index in [0.717, 1.165) is 29.3 Å². The lowest BCUT2D eigenvalue weighted by molar-refractivity contribution is -0.115. The summed E-state index contributed by atoms with van der Waals surface area (Å²) in [5.41, 5.74) is 3.01. The van der Waals surface area contributed by atoms with Gasteiger partial charge in [0.15, 0.2) is 0 Å². The molecule has 7 nitrogen and oxygen atoms in total. The fourth-order valence-electron chi connectivity index (χ4n) is 3.32. The number of benzene rings is 3. The van der Waals surface area contributed by atoms with Gasteiger partial charge in [0.1, 0.15) is 23.2 Å². The Balaban J connectivity index is 1.38. The quantitative estimate of drug-likeness (QED) is 0.301. The second-order valence-electron chi connectivity index (χ2n) is 7.73. The highest BCUT2D eigenvalue weighted by Crippen LogP contribution is 2.22. The molecule has 35 heavy (non-hydrogen) atoms. The summed E-state index contributed by atoms with van der Waals surface area (Å²) >= 11 is 0. The van der Waals surface area contributed by atoms with Crippen LogP contribution in [0.25, 0.3) is 0 Å². The number of ether oxygens (including phenoxy) is 1. The van der Waals surface area contributed by atoms with Crippen LogP contribution in [0.4, 0.5) is 37.6 Å². The van der Waals surface area contributed by atoms with Gasteiger partial charge in [-0.2, -0.15) is 4.98 Å². The van der Waals surface area contributed by atoms with E-state index in [1.165, 1.54) is 6.07 Å². The molecule has 0 atom stereocenters. The summed E-state index contributed by atoms with van der Waals surface area (Å²) in [6.07, 6.45) is -0.201. The van der Waals surface area contributed by atoms with E-state index in [1.54, 1.807) is 31.4 Å². The Bertz CT molecular complexity index is 1330. The highest BCUT2D eigenvalue weighted by molar-refractivity contribution is 5.92. The summed E-state index contributed by atoms with van der Waals surface area (Å²) in [6.45, 7) is 1.87. The summed E-state index contributed by atoms with van der Waals surface area (Å²) in [6, 6.07) is 19.4. The average molecular weight is 475 g/mol. The number of halogens is 2. The predicted octanol–water partition coefficient (Wildman–Crippen LogP) is 5.74. The van der Waals surface area contributed by atoms with E-state index in [0.29, 0.717) is 23.1 Å². The first-order chi connectivity index (χ1) is 16.9. The van der Waals surface area contributed by atoms with Gasteiger partial charge < -0.3 is 20.7 Å². The van der Waals surface area contributed by atoms with E-state index in [9.17, 15) is 13.6 Å². The lowest BCUT2D eigenvalue weighted by Gasteiger charge is -2.11. The third kappa shape index (κ3) is 6.50. The lowest BCUT2D eigenvalue weighted by atomic mass is 10.1. The zero-order valence-corrected chi connectivity index (χ0v) is 19.1. The average Bonchev–Trinajstić information content (AvgIpc) is 2.82. The second kappa shape index (κ2) is 10.6. The third-order valence-electron chi connectivity index (χ3n) is 5.01. The van der Waals surface area contributed by atoms with Crippen LogP contribution >= 0.6 is 0 Å². The van der Waals surface area contributed by atoms with Crippen LogP contribution in [-0.2, 0) is 11.2 Å². The Hall–Kier alpha value is -4.53. The van der Waals surface area contributed by atoms with Crippen molar-refractivity contribution in [3.05, 3.63) is 95.7 Å². The number of carbonyl (C=O) groups is 1. The topological polar surface area (TPSA) is 88.2 Å². The Morgan fingerprint density at radius 2 is 1.51 bits per heavy atom. The number of nitrogens with zero attached hydrogens (tertiary/aromatic N) is 2. The highest BCUT2D eigenvalue weighted by atomic mass is 19.1. The van der Waals surface area contributed by atoms with Gasteiger partial charge in [-0.3, -0.25) is 4.79 Å². The Morgan fingerprint density at radius 3 is 2.20 bits per heavy atom. The standard InChI is InChI=1S/C26H23F2N5O2/c1-16-13-24(30-19-9-11-22(35-2)12-10-19)33-26(29-16)32-21-7-5-20(6-8-21)31-25(34)14-17-3-4-18(27)15-23(17)28/h3-13,15H,14H2,1-2H3,(H,31,34)(H2,29,30,32,33). The molecule has 0 aliphatic rings. The Labute approximate surface area is 201 Å². The Morgan fingerprint density at radius 1 is 0.857 bits per heavy atom. The first kappa shape index (κ1) is 23.6. The van der Waals surface area contributed by atoms with Crippen molar-refractivity contribution in [3.8, 4) is 5.75 Å². The van der Waals surface area contributed by atoms with Gasteiger partial charge in [-0.15, -0.1) is 0 Å². The molecular weight excluding hydrogens is 452 g/mol. The second-order valence-corrected chi connectivity index (χ2v) is 7.73. The SMILES string of the molecule is COc1ccc(Nc2cc(C)nc(Nc3ccc(NC(=O)Cc4ccc(F)cc4F)cc3)n2)cc1. The van der Waals surface area contributed by atoms with E-state index < -0.39 is 17.5 Å². The molecule has 1 amide bonds. The van der Waals surface area contributed by atoms with Crippen LogP contribution < -0.4 is 20.7 Å². The number of anilines is 5. The van der Waals surface area contributed by atoms with Gasteiger partial charge >= 0.3 is 0 Å². The van der Waals surface area contributed by atoms with Crippen LogP contribution in [0.3, 0.4) is 0 Å². The molecule has 1 aromatic heterocycles. The number of methoxy groups -OCH3 is 1. The molecular formula is C26H23F2N5O2. The molecule has 3 aromatic carbocycles. The molecule has 0 radical (unpaired) electrons.